The van der Waals surface area contributed by atoms with Crippen LogP contribution in [0.15, 0.2) is 24.3 Å². The molecule has 3 amide bonds. The van der Waals surface area contributed by atoms with Gasteiger partial charge in [-0.15, -0.1) is 23.1 Å². The minimum Gasteiger partial charge on any atom is -0.455 e. The van der Waals surface area contributed by atoms with Gasteiger partial charge in [0.25, 0.3) is 11.8 Å². The van der Waals surface area contributed by atoms with Gasteiger partial charge in [-0.1, -0.05) is 0 Å². The number of esters is 1. The van der Waals surface area contributed by atoms with Crippen LogP contribution in [0.1, 0.15) is 33.6 Å². The van der Waals surface area contributed by atoms with Crippen molar-refractivity contribution in [2.24, 2.45) is 5.73 Å². The number of nitrogens with two attached hydrogens (primary N) is 1. The van der Waals surface area contributed by atoms with Crippen LogP contribution in [0.4, 0.5) is 15.1 Å². The van der Waals surface area contributed by atoms with Crippen LogP contribution in [0.2, 0.25) is 0 Å². The number of fused-ring (bicyclic) bond motifs is 1. The van der Waals surface area contributed by atoms with Crippen molar-refractivity contribution in [1.29, 1.82) is 0 Å². The lowest BCUT2D eigenvalue weighted by atomic mass is 9.95. The Bertz CT molecular complexity index is 1020. The average Bonchev–Trinajstić information content (AvgIpc) is 3.12. The van der Waals surface area contributed by atoms with Crippen molar-refractivity contribution in [3.05, 3.63) is 46.1 Å². The van der Waals surface area contributed by atoms with Gasteiger partial charge in [0.15, 0.2) is 6.61 Å². The molecule has 0 saturated heterocycles. The van der Waals surface area contributed by atoms with Crippen LogP contribution in [0.5, 0.6) is 0 Å². The molecule has 4 N–H and O–H groups in total. The third kappa shape index (κ3) is 6.54. The van der Waals surface area contributed by atoms with E-state index in [1.165, 1.54) is 35.6 Å². The second kappa shape index (κ2) is 11.1. The number of amides is 3. The average molecular weight is 480 g/mol. The maximum atomic E-state index is 12.9. The lowest BCUT2D eigenvalue weighted by molar-refractivity contribution is -0.144. The van der Waals surface area contributed by atoms with E-state index in [9.17, 15) is 23.6 Å². The van der Waals surface area contributed by atoms with Crippen molar-refractivity contribution in [1.82, 2.24) is 0 Å². The van der Waals surface area contributed by atoms with Gasteiger partial charge in [0, 0.05) is 10.6 Å². The summed E-state index contributed by atoms with van der Waals surface area (Å²) in [6.45, 7) is -0.512. The van der Waals surface area contributed by atoms with Crippen LogP contribution >= 0.6 is 23.1 Å². The molecule has 8 nitrogen and oxygen atoms in total. The molecule has 32 heavy (non-hydrogen) atoms. The molecule has 0 aliphatic heterocycles. The van der Waals surface area contributed by atoms with Crippen molar-refractivity contribution in [2.75, 3.05) is 28.7 Å². The van der Waals surface area contributed by atoms with Gasteiger partial charge >= 0.3 is 5.97 Å². The normalized spacial score (nSPS) is 12.5. The molecule has 1 aliphatic rings. The predicted molar refractivity (Wildman–Crippen MR) is 121 cm³/mol. The number of carbonyl (C=O) groups excluding carboxylic acids is 4. The quantitative estimate of drug-likeness (QED) is 0.475. The summed E-state index contributed by atoms with van der Waals surface area (Å²) >= 11 is 2.35. The topological polar surface area (TPSA) is 128 Å². The lowest BCUT2D eigenvalue weighted by Crippen LogP contribution is -2.23. The number of anilines is 2. The maximum absolute atomic E-state index is 12.9. The largest absolute Gasteiger partial charge is 0.455 e. The third-order valence-corrected chi connectivity index (χ3v) is 6.73. The molecular weight excluding hydrogens is 457 g/mol. The Kier molecular flexibility index (Phi) is 8.23. The molecule has 1 aromatic carbocycles. The monoisotopic (exact) mass is 479 g/mol. The lowest BCUT2D eigenvalue weighted by Gasteiger charge is -2.11. The smallest absolute Gasteiger partial charge is 0.316 e. The minimum atomic E-state index is -0.652. The van der Waals surface area contributed by atoms with Crippen LogP contribution in [0, 0.1) is 5.82 Å². The molecule has 0 fully saturated rings. The van der Waals surface area contributed by atoms with Crippen LogP contribution in [-0.4, -0.2) is 41.8 Å². The van der Waals surface area contributed by atoms with Crippen molar-refractivity contribution in [3.8, 4) is 0 Å². The molecule has 1 aliphatic carbocycles. The van der Waals surface area contributed by atoms with Crippen molar-refractivity contribution in [2.45, 2.75) is 25.7 Å². The van der Waals surface area contributed by atoms with Gasteiger partial charge in [-0.05, 0) is 55.5 Å². The number of benzene rings is 1. The molecule has 1 heterocycles. The van der Waals surface area contributed by atoms with Gasteiger partial charge in [-0.25, -0.2) is 4.39 Å². The number of nitrogens with one attached hydrogen (secondary N) is 2. The first kappa shape index (κ1) is 23.7. The number of halogens is 1. The summed E-state index contributed by atoms with van der Waals surface area (Å²) in [5, 5.41) is 5.58. The zero-order chi connectivity index (χ0) is 23.1. The summed E-state index contributed by atoms with van der Waals surface area (Å²) in [4.78, 5) is 48.8. The van der Waals surface area contributed by atoms with Crippen LogP contribution in [0.3, 0.4) is 0 Å². The first-order valence-electron chi connectivity index (χ1n) is 9.86. The molecule has 3 rings (SSSR count). The summed E-state index contributed by atoms with van der Waals surface area (Å²) in [5.74, 6) is -2.71. The van der Waals surface area contributed by atoms with E-state index in [-0.39, 0.29) is 17.4 Å². The summed E-state index contributed by atoms with van der Waals surface area (Å²) in [5.41, 5.74) is 7.18. The highest BCUT2D eigenvalue weighted by Crippen LogP contribution is 2.37. The third-order valence-electron chi connectivity index (χ3n) is 4.62. The number of primary amides is 1. The first-order valence-corrected chi connectivity index (χ1v) is 11.8. The van der Waals surface area contributed by atoms with E-state index in [0.29, 0.717) is 16.3 Å². The maximum Gasteiger partial charge on any atom is 0.316 e. The van der Waals surface area contributed by atoms with Crippen molar-refractivity contribution in [3.63, 3.8) is 0 Å². The number of carbonyl (C=O) groups is 4. The standard InChI is InChI=1S/C21H22FN3O5S2/c22-12-5-7-13(8-6-12)24-17(27)10-31-11-18(28)30-9-16(26)25-21-19(20(23)29)14-3-1-2-4-15(14)32-21/h5-8H,1-4,9-11H2,(H2,23,29)(H,24,27)(H,25,26). The molecule has 0 spiro atoms. The van der Waals surface area contributed by atoms with Gasteiger partial charge in [0.2, 0.25) is 5.91 Å². The van der Waals surface area contributed by atoms with Gasteiger partial charge in [-0.3, -0.25) is 19.2 Å². The number of hydrogen-bond acceptors (Lipinski definition) is 7. The Hall–Kier alpha value is -2.92. The van der Waals surface area contributed by atoms with Gasteiger partial charge in [0.1, 0.15) is 10.8 Å². The second-order valence-corrected chi connectivity index (χ2v) is 9.13. The molecule has 170 valence electrons. The zero-order valence-corrected chi connectivity index (χ0v) is 18.7. The van der Waals surface area contributed by atoms with Crippen LogP contribution in [-0.2, 0) is 32.0 Å². The van der Waals surface area contributed by atoms with Gasteiger partial charge < -0.3 is 21.1 Å². The molecular formula is C21H22FN3O5S2. The van der Waals surface area contributed by atoms with E-state index in [4.69, 9.17) is 10.5 Å². The van der Waals surface area contributed by atoms with Gasteiger partial charge in [-0.2, -0.15) is 0 Å². The Morgan fingerprint density at radius 3 is 2.47 bits per heavy atom. The molecule has 0 unspecified atom stereocenters. The molecule has 0 bridgehead atoms. The number of aryl methyl sites for hydroxylation is 1. The number of hydrogen-bond donors (Lipinski definition) is 3. The van der Waals surface area contributed by atoms with E-state index in [0.717, 1.165) is 47.9 Å². The van der Waals surface area contributed by atoms with E-state index in [1.807, 2.05) is 0 Å². The molecule has 2 aromatic rings. The number of thiophene rings is 1. The molecule has 0 saturated carbocycles. The molecule has 0 radical (unpaired) electrons. The van der Waals surface area contributed by atoms with E-state index >= 15 is 0 Å². The Balaban J connectivity index is 1.40. The van der Waals surface area contributed by atoms with Crippen LogP contribution < -0.4 is 16.4 Å². The fourth-order valence-corrected chi connectivity index (χ4v) is 5.14. The summed E-state index contributed by atoms with van der Waals surface area (Å²) in [7, 11) is 0. The number of ether oxygens (including phenoxy) is 1. The van der Waals surface area contributed by atoms with Crippen molar-refractivity contribution < 1.29 is 28.3 Å². The second-order valence-electron chi connectivity index (χ2n) is 7.04. The van der Waals surface area contributed by atoms with E-state index in [2.05, 4.69) is 10.6 Å². The first-order chi connectivity index (χ1) is 15.3. The summed E-state index contributed by atoms with van der Waals surface area (Å²) in [6, 6.07) is 5.31. The molecule has 0 atom stereocenters. The van der Waals surface area contributed by atoms with Crippen molar-refractivity contribution >= 4 is 57.5 Å². The SMILES string of the molecule is NC(=O)c1c(NC(=O)COC(=O)CSCC(=O)Nc2ccc(F)cc2)sc2c1CCCC2. The Labute approximate surface area is 192 Å². The number of rotatable bonds is 9. The highest BCUT2D eigenvalue weighted by atomic mass is 32.2. The highest BCUT2D eigenvalue weighted by Gasteiger charge is 2.25. The fourth-order valence-electron chi connectivity index (χ4n) is 3.22. The highest BCUT2D eigenvalue weighted by molar-refractivity contribution is 8.00. The van der Waals surface area contributed by atoms with Crippen LogP contribution in [0.25, 0.3) is 0 Å². The zero-order valence-electron chi connectivity index (χ0n) is 17.1. The Morgan fingerprint density at radius 2 is 1.75 bits per heavy atom. The predicted octanol–water partition coefficient (Wildman–Crippen LogP) is 2.72. The van der Waals surface area contributed by atoms with Gasteiger partial charge in [0.05, 0.1) is 17.1 Å². The fraction of sp³-hybridized carbons (Fsp3) is 0.333. The van der Waals surface area contributed by atoms with E-state index in [1.54, 1.807) is 0 Å². The summed E-state index contributed by atoms with van der Waals surface area (Å²) in [6.07, 6.45) is 3.59. The molecule has 1 aromatic heterocycles. The summed E-state index contributed by atoms with van der Waals surface area (Å²) < 4.78 is 17.8. The minimum absolute atomic E-state index is 0.0125. The number of thioether (sulfide) groups is 1. The Morgan fingerprint density at radius 1 is 1.03 bits per heavy atom. The molecule has 11 heteroatoms. The van der Waals surface area contributed by atoms with E-state index < -0.39 is 30.2 Å².